The van der Waals surface area contributed by atoms with Crippen molar-refractivity contribution in [2.45, 2.75) is 12.5 Å². The SMILES string of the molecule is O=S1(=O)CC[C@H](NC(=S)Nc2nc(-c3ccc4c(c3)OCCO4)cs2)C1. The topological polar surface area (TPSA) is 89.6 Å². The van der Waals surface area contributed by atoms with Crippen molar-refractivity contribution in [2.24, 2.45) is 0 Å². The third-order valence-corrected chi connectivity index (χ3v) is 6.88. The Balaban J connectivity index is 1.41. The highest BCUT2D eigenvalue weighted by atomic mass is 32.2. The summed E-state index contributed by atoms with van der Waals surface area (Å²) in [6.45, 7) is 1.10. The average molecular weight is 412 g/mol. The monoisotopic (exact) mass is 411 g/mol. The molecule has 1 aromatic carbocycles. The van der Waals surface area contributed by atoms with Crippen LogP contribution in [0.3, 0.4) is 0 Å². The van der Waals surface area contributed by atoms with Gasteiger partial charge in [0.05, 0.1) is 17.2 Å². The molecule has 1 saturated heterocycles. The number of hydrogen-bond acceptors (Lipinski definition) is 7. The van der Waals surface area contributed by atoms with Gasteiger partial charge in [-0.2, -0.15) is 0 Å². The summed E-state index contributed by atoms with van der Waals surface area (Å²) in [5.74, 6) is 1.79. The van der Waals surface area contributed by atoms with E-state index >= 15 is 0 Å². The maximum Gasteiger partial charge on any atom is 0.189 e. The lowest BCUT2D eigenvalue weighted by molar-refractivity contribution is 0.171. The molecule has 4 rings (SSSR count). The molecule has 2 aliphatic rings. The van der Waals surface area contributed by atoms with Gasteiger partial charge in [0, 0.05) is 17.0 Å². The summed E-state index contributed by atoms with van der Waals surface area (Å²) in [4.78, 5) is 4.54. The second-order valence-corrected chi connectivity index (χ2v) is 9.59. The fraction of sp³-hybridized carbons (Fsp3) is 0.375. The second-order valence-electron chi connectivity index (χ2n) is 6.09. The first-order valence-electron chi connectivity index (χ1n) is 8.12. The Bertz CT molecular complexity index is 942. The van der Waals surface area contributed by atoms with Crippen LogP contribution < -0.4 is 20.1 Å². The van der Waals surface area contributed by atoms with E-state index in [4.69, 9.17) is 21.7 Å². The van der Waals surface area contributed by atoms with Gasteiger partial charge in [-0.3, -0.25) is 0 Å². The number of hydrogen-bond donors (Lipinski definition) is 2. The maximum absolute atomic E-state index is 11.5. The Morgan fingerprint density at radius 2 is 2.08 bits per heavy atom. The second kappa shape index (κ2) is 7.01. The fourth-order valence-electron chi connectivity index (χ4n) is 2.89. The largest absolute Gasteiger partial charge is 0.486 e. The van der Waals surface area contributed by atoms with Crippen molar-refractivity contribution >= 4 is 43.6 Å². The smallest absolute Gasteiger partial charge is 0.189 e. The van der Waals surface area contributed by atoms with Crippen LogP contribution in [-0.4, -0.2) is 49.3 Å². The number of thiocarbonyl (C=S) groups is 1. The molecule has 0 unspecified atom stereocenters. The van der Waals surface area contributed by atoms with E-state index < -0.39 is 9.84 Å². The minimum Gasteiger partial charge on any atom is -0.486 e. The van der Waals surface area contributed by atoms with Gasteiger partial charge in [-0.1, -0.05) is 0 Å². The van der Waals surface area contributed by atoms with E-state index in [9.17, 15) is 8.42 Å². The number of rotatable bonds is 3. The molecule has 2 aliphatic heterocycles. The lowest BCUT2D eigenvalue weighted by Gasteiger charge is -2.18. The minimum absolute atomic E-state index is 0.120. The number of fused-ring (bicyclic) bond motifs is 1. The molecule has 1 aromatic heterocycles. The first kappa shape index (κ1) is 17.5. The van der Waals surface area contributed by atoms with Crippen LogP contribution >= 0.6 is 23.6 Å². The molecular weight excluding hydrogens is 394 g/mol. The normalized spacial score (nSPS) is 20.5. The van der Waals surface area contributed by atoms with Crippen molar-refractivity contribution in [3.05, 3.63) is 23.6 Å². The Labute approximate surface area is 160 Å². The zero-order valence-electron chi connectivity index (χ0n) is 13.7. The van der Waals surface area contributed by atoms with E-state index in [1.807, 2.05) is 23.6 Å². The molecule has 0 bridgehead atoms. The Kier molecular flexibility index (Phi) is 4.72. The summed E-state index contributed by atoms with van der Waals surface area (Å²) in [5.41, 5.74) is 1.74. The molecule has 7 nitrogen and oxygen atoms in total. The van der Waals surface area contributed by atoms with Crippen LogP contribution in [0.25, 0.3) is 11.3 Å². The zero-order chi connectivity index (χ0) is 18.1. The number of aromatic nitrogens is 1. The van der Waals surface area contributed by atoms with Gasteiger partial charge in [0.2, 0.25) is 0 Å². The molecule has 1 fully saturated rings. The highest BCUT2D eigenvalue weighted by molar-refractivity contribution is 7.91. The summed E-state index contributed by atoms with van der Waals surface area (Å²) >= 11 is 6.69. The highest BCUT2D eigenvalue weighted by Crippen LogP contribution is 2.35. The van der Waals surface area contributed by atoms with Crippen molar-refractivity contribution in [2.75, 3.05) is 30.0 Å². The molecule has 1 atom stereocenters. The minimum atomic E-state index is -2.94. The molecule has 0 spiro atoms. The summed E-state index contributed by atoms with van der Waals surface area (Å²) in [6, 6.07) is 5.58. The van der Waals surface area contributed by atoms with E-state index in [1.165, 1.54) is 11.3 Å². The third-order valence-electron chi connectivity index (χ3n) is 4.13. The van der Waals surface area contributed by atoms with E-state index in [-0.39, 0.29) is 17.5 Å². The molecule has 0 radical (unpaired) electrons. The Morgan fingerprint density at radius 3 is 2.85 bits per heavy atom. The van der Waals surface area contributed by atoms with E-state index in [0.717, 1.165) is 22.8 Å². The molecule has 26 heavy (non-hydrogen) atoms. The van der Waals surface area contributed by atoms with Crippen molar-refractivity contribution < 1.29 is 17.9 Å². The first-order valence-corrected chi connectivity index (χ1v) is 11.2. The molecule has 0 amide bonds. The Hall–Kier alpha value is -1.91. The summed E-state index contributed by atoms with van der Waals surface area (Å²) in [7, 11) is -2.94. The lowest BCUT2D eigenvalue weighted by atomic mass is 10.1. The molecule has 2 aromatic rings. The van der Waals surface area contributed by atoms with Gasteiger partial charge in [-0.15, -0.1) is 11.3 Å². The molecule has 138 valence electrons. The number of thiazole rings is 1. The van der Waals surface area contributed by atoms with Crippen LogP contribution in [0.1, 0.15) is 6.42 Å². The van der Waals surface area contributed by atoms with E-state index in [0.29, 0.717) is 29.9 Å². The summed E-state index contributed by atoms with van der Waals surface area (Å²) < 4.78 is 34.2. The van der Waals surface area contributed by atoms with Crippen LogP contribution in [0, 0.1) is 0 Å². The average Bonchev–Trinajstić information content (AvgIpc) is 3.20. The van der Waals surface area contributed by atoms with Gasteiger partial charge in [-0.25, -0.2) is 13.4 Å². The predicted molar refractivity (Wildman–Crippen MR) is 105 cm³/mol. The third kappa shape index (κ3) is 3.92. The molecule has 2 N–H and O–H groups in total. The van der Waals surface area contributed by atoms with Gasteiger partial charge >= 0.3 is 0 Å². The molecule has 10 heteroatoms. The summed E-state index contributed by atoms with van der Waals surface area (Å²) in [6.07, 6.45) is 0.574. The molecular formula is C16H17N3O4S3. The van der Waals surface area contributed by atoms with Gasteiger partial charge in [0.15, 0.2) is 31.6 Å². The molecule has 0 saturated carbocycles. The van der Waals surface area contributed by atoms with Crippen molar-refractivity contribution in [1.29, 1.82) is 0 Å². The van der Waals surface area contributed by atoms with E-state index in [2.05, 4.69) is 15.6 Å². The maximum atomic E-state index is 11.5. The van der Waals surface area contributed by atoms with Gasteiger partial charge in [0.1, 0.15) is 13.2 Å². The first-order chi connectivity index (χ1) is 12.5. The van der Waals surface area contributed by atoms with Gasteiger partial charge < -0.3 is 20.1 Å². The van der Waals surface area contributed by atoms with Crippen LogP contribution in [-0.2, 0) is 9.84 Å². The molecule has 3 heterocycles. The van der Waals surface area contributed by atoms with E-state index in [1.54, 1.807) is 0 Å². The fourth-order valence-corrected chi connectivity index (χ4v) is 5.62. The van der Waals surface area contributed by atoms with Crippen LogP contribution in [0.15, 0.2) is 23.6 Å². The Morgan fingerprint density at radius 1 is 1.27 bits per heavy atom. The quantitative estimate of drug-likeness (QED) is 0.742. The van der Waals surface area contributed by atoms with Crippen molar-refractivity contribution in [3.8, 4) is 22.8 Å². The number of benzene rings is 1. The standard InChI is InChI=1S/C16H17N3O4S3/c20-26(21)6-3-11(9-26)17-15(24)19-16-18-12(8-25-16)10-1-2-13-14(7-10)23-5-4-22-13/h1-2,7-8,11H,3-6,9H2,(H2,17,18,19,24)/t11-/m0/s1. The van der Waals surface area contributed by atoms with Crippen LogP contribution in [0.2, 0.25) is 0 Å². The van der Waals surface area contributed by atoms with Crippen LogP contribution in [0.5, 0.6) is 11.5 Å². The number of anilines is 1. The number of ether oxygens (including phenoxy) is 2. The predicted octanol–water partition coefficient (Wildman–Crippen LogP) is 2.05. The molecule has 0 aliphatic carbocycles. The lowest BCUT2D eigenvalue weighted by Crippen LogP contribution is -2.38. The van der Waals surface area contributed by atoms with Crippen molar-refractivity contribution in [1.82, 2.24) is 10.3 Å². The highest BCUT2D eigenvalue weighted by Gasteiger charge is 2.28. The van der Waals surface area contributed by atoms with Gasteiger partial charge in [0.25, 0.3) is 0 Å². The number of sulfone groups is 1. The summed E-state index contributed by atoms with van der Waals surface area (Å²) in [5, 5.41) is 9.03. The van der Waals surface area contributed by atoms with Gasteiger partial charge in [-0.05, 0) is 36.8 Å². The number of nitrogens with zero attached hydrogens (tertiary/aromatic N) is 1. The van der Waals surface area contributed by atoms with Crippen molar-refractivity contribution in [3.63, 3.8) is 0 Å². The number of nitrogens with one attached hydrogen (secondary N) is 2. The zero-order valence-corrected chi connectivity index (χ0v) is 16.2. The van der Waals surface area contributed by atoms with Crippen LogP contribution in [0.4, 0.5) is 5.13 Å².